The van der Waals surface area contributed by atoms with Crippen LogP contribution in [0.5, 0.6) is 0 Å². The van der Waals surface area contributed by atoms with Gasteiger partial charge in [0.2, 0.25) is 0 Å². The highest BCUT2D eigenvalue weighted by Gasteiger charge is 1.94. The molecule has 10 heavy (non-hydrogen) atoms. The summed E-state index contributed by atoms with van der Waals surface area (Å²) in [5, 5.41) is 2.12. The summed E-state index contributed by atoms with van der Waals surface area (Å²) in [6, 6.07) is 0. The Kier molecular flexibility index (Phi) is 5.21. The van der Waals surface area contributed by atoms with Gasteiger partial charge in [0.25, 0.3) is 0 Å². The summed E-state index contributed by atoms with van der Waals surface area (Å²) in [4.78, 5) is 0. The topological polar surface area (TPSA) is 9.23 Å². The van der Waals surface area contributed by atoms with Crippen molar-refractivity contribution in [2.75, 3.05) is 19.0 Å². The molecule has 0 aromatic carbocycles. The molecule has 0 aromatic rings. The van der Waals surface area contributed by atoms with Crippen LogP contribution in [0.25, 0.3) is 0 Å². The Morgan fingerprint density at radius 1 is 1.20 bits per heavy atom. The number of ether oxygens (including phenoxy) is 1. The van der Waals surface area contributed by atoms with Gasteiger partial charge in [-0.1, -0.05) is 27.7 Å². The Morgan fingerprint density at radius 3 is 2.20 bits per heavy atom. The molecule has 1 fully saturated rings. The van der Waals surface area contributed by atoms with Crippen molar-refractivity contribution in [3.63, 3.8) is 0 Å². The van der Waals surface area contributed by atoms with Gasteiger partial charge in [0.1, 0.15) is 0 Å². The number of hydrogen-bond acceptors (Lipinski definition) is 3. The van der Waals surface area contributed by atoms with Crippen molar-refractivity contribution >= 4 is 21.6 Å². The third-order valence-corrected chi connectivity index (χ3v) is 3.13. The molecule has 0 bridgehead atoms. The van der Waals surface area contributed by atoms with E-state index in [1.165, 1.54) is 18.6 Å². The van der Waals surface area contributed by atoms with Crippen molar-refractivity contribution in [3.05, 3.63) is 11.5 Å². The largest absolute Gasteiger partial charge is 0.381 e. The van der Waals surface area contributed by atoms with Crippen molar-refractivity contribution in [3.8, 4) is 0 Å². The molecule has 58 valence electrons. The van der Waals surface area contributed by atoms with Gasteiger partial charge in [-0.2, -0.15) is 0 Å². The van der Waals surface area contributed by atoms with Crippen LogP contribution in [0.3, 0.4) is 0 Å². The van der Waals surface area contributed by atoms with Gasteiger partial charge in [-0.25, -0.2) is 0 Å². The van der Waals surface area contributed by atoms with Gasteiger partial charge in [0, 0.05) is 19.0 Å². The lowest BCUT2D eigenvalue weighted by Crippen LogP contribution is -1.74. The van der Waals surface area contributed by atoms with Crippen LogP contribution in [-0.4, -0.2) is 19.0 Å². The quantitative estimate of drug-likeness (QED) is 0.525. The van der Waals surface area contributed by atoms with E-state index in [1.54, 1.807) is 0 Å². The van der Waals surface area contributed by atoms with E-state index in [1.807, 2.05) is 21.6 Å². The van der Waals surface area contributed by atoms with Crippen molar-refractivity contribution in [2.24, 2.45) is 0 Å². The second-order valence-corrected chi connectivity index (χ2v) is 4.39. The molecule has 0 amide bonds. The Bertz CT molecular complexity index is 86.2. The normalized spacial score (nSPS) is 22.4. The Labute approximate surface area is 70.0 Å². The van der Waals surface area contributed by atoms with Crippen LogP contribution < -0.4 is 0 Å². The summed E-state index contributed by atoms with van der Waals surface area (Å²) in [6.07, 6.45) is 4.72. The lowest BCUT2D eigenvalue weighted by molar-refractivity contribution is 0.198. The molecule has 3 heteroatoms. The van der Waals surface area contributed by atoms with E-state index in [0.717, 1.165) is 13.2 Å². The first kappa shape index (κ1) is 8.50. The molecule has 0 radical (unpaired) electrons. The molecular formula is C7H12OS2. The SMILES string of the molecule is C1=CSSC1.C1CCOC1. The van der Waals surface area contributed by atoms with Gasteiger partial charge in [-0.15, -0.1) is 0 Å². The van der Waals surface area contributed by atoms with E-state index in [4.69, 9.17) is 4.74 Å². The van der Waals surface area contributed by atoms with Gasteiger partial charge in [0.15, 0.2) is 0 Å². The predicted octanol–water partition coefficient (Wildman–Crippen LogP) is 2.69. The van der Waals surface area contributed by atoms with Crippen LogP contribution >= 0.6 is 21.6 Å². The first-order valence-corrected chi connectivity index (χ1v) is 5.89. The molecule has 0 spiro atoms. The maximum atomic E-state index is 4.94. The molecule has 0 N–H and O–H groups in total. The summed E-state index contributed by atoms with van der Waals surface area (Å²) in [6.45, 7) is 2.00. The van der Waals surface area contributed by atoms with Crippen LogP contribution in [0.1, 0.15) is 12.8 Å². The number of rotatable bonds is 0. The molecule has 2 heterocycles. The van der Waals surface area contributed by atoms with E-state index in [9.17, 15) is 0 Å². The first-order chi connectivity index (χ1) is 5.00. The van der Waals surface area contributed by atoms with Crippen LogP contribution in [0.2, 0.25) is 0 Å². The molecule has 0 saturated carbocycles. The summed E-state index contributed by atoms with van der Waals surface area (Å²) in [5.41, 5.74) is 0. The van der Waals surface area contributed by atoms with Crippen molar-refractivity contribution in [2.45, 2.75) is 12.8 Å². The average molecular weight is 176 g/mol. The highest BCUT2D eigenvalue weighted by atomic mass is 33.1. The fraction of sp³-hybridized carbons (Fsp3) is 0.714. The second kappa shape index (κ2) is 6.13. The molecular weight excluding hydrogens is 164 g/mol. The highest BCUT2D eigenvalue weighted by Crippen LogP contribution is 2.27. The Hall–Kier alpha value is 0.400. The molecule has 2 rings (SSSR count). The predicted molar refractivity (Wildman–Crippen MR) is 49.2 cm³/mol. The van der Waals surface area contributed by atoms with E-state index in [0.29, 0.717) is 0 Å². The Balaban J connectivity index is 0.0000001000. The summed E-state index contributed by atoms with van der Waals surface area (Å²) in [7, 11) is 3.69. The summed E-state index contributed by atoms with van der Waals surface area (Å²) in [5.74, 6) is 1.20. The average Bonchev–Trinajstić information content (AvgIpc) is 2.67. The van der Waals surface area contributed by atoms with E-state index < -0.39 is 0 Å². The molecule has 2 aliphatic rings. The zero-order chi connectivity index (χ0) is 7.07. The molecule has 1 saturated heterocycles. The molecule has 0 aromatic heterocycles. The maximum Gasteiger partial charge on any atom is 0.0466 e. The van der Waals surface area contributed by atoms with Crippen molar-refractivity contribution < 1.29 is 4.74 Å². The molecule has 0 atom stereocenters. The first-order valence-electron chi connectivity index (χ1n) is 3.51. The number of hydrogen-bond donors (Lipinski definition) is 0. The second-order valence-electron chi connectivity index (χ2n) is 2.07. The third kappa shape index (κ3) is 4.25. The zero-order valence-corrected chi connectivity index (χ0v) is 7.55. The maximum absolute atomic E-state index is 4.94. The standard InChI is InChI=1S/C4H8O.C3H4S2/c2*1-2-4-5-3-1/h1-4H2;1-2H,3H2. The zero-order valence-electron chi connectivity index (χ0n) is 5.91. The van der Waals surface area contributed by atoms with Crippen LogP contribution in [-0.2, 0) is 4.74 Å². The fourth-order valence-electron chi connectivity index (χ4n) is 0.707. The van der Waals surface area contributed by atoms with Gasteiger partial charge >= 0.3 is 0 Å². The lowest BCUT2D eigenvalue weighted by atomic mass is 10.4. The molecule has 0 aliphatic carbocycles. The molecule has 2 aliphatic heterocycles. The van der Waals surface area contributed by atoms with Crippen molar-refractivity contribution in [1.29, 1.82) is 0 Å². The van der Waals surface area contributed by atoms with Crippen molar-refractivity contribution in [1.82, 2.24) is 0 Å². The van der Waals surface area contributed by atoms with Gasteiger partial charge in [-0.05, 0) is 18.2 Å². The van der Waals surface area contributed by atoms with E-state index >= 15 is 0 Å². The highest BCUT2D eigenvalue weighted by molar-refractivity contribution is 8.78. The van der Waals surface area contributed by atoms with Gasteiger partial charge in [0.05, 0.1) is 0 Å². The third-order valence-electron chi connectivity index (χ3n) is 1.21. The minimum absolute atomic E-state index is 1.00. The lowest BCUT2D eigenvalue weighted by Gasteiger charge is -1.76. The minimum atomic E-state index is 1.00. The van der Waals surface area contributed by atoms with E-state index in [-0.39, 0.29) is 0 Å². The van der Waals surface area contributed by atoms with Crippen LogP contribution in [0.15, 0.2) is 11.5 Å². The monoisotopic (exact) mass is 176 g/mol. The molecule has 1 nitrogen and oxygen atoms in total. The van der Waals surface area contributed by atoms with Gasteiger partial charge in [-0.3, -0.25) is 0 Å². The molecule has 0 unspecified atom stereocenters. The van der Waals surface area contributed by atoms with E-state index in [2.05, 4.69) is 11.5 Å². The fourth-order valence-corrected chi connectivity index (χ4v) is 2.28. The summed E-state index contributed by atoms with van der Waals surface area (Å²) < 4.78 is 4.94. The van der Waals surface area contributed by atoms with Gasteiger partial charge < -0.3 is 4.74 Å². The Morgan fingerprint density at radius 2 is 2.00 bits per heavy atom. The van der Waals surface area contributed by atoms with Crippen LogP contribution in [0.4, 0.5) is 0 Å². The summed E-state index contributed by atoms with van der Waals surface area (Å²) >= 11 is 0. The smallest absolute Gasteiger partial charge is 0.0466 e. The minimum Gasteiger partial charge on any atom is -0.381 e. The van der Waals surface area contributed by atoms with Crippen LogP contribution in [0, 0.1) is 0 Å².